The maximum Gasteiger partial charge on any atom is 0.313 e. The van der Waals surface area contributed by atoms with E-state index in [1.807, 2.05) is 0 Å². The van der Waals surface area contributed by atoms with Crippen molar-refractivity contribution >= 4 is 39.1 Å². The van der Waals surface area contributed by atoms with Crippen LogP contribution in [0.1, 0.15) is 21.3 Å². The zero-order valence-corrected chi connectivity index (χ0v) is 15.2. The molecule has 1 atom stereocenters. The normalized spacial score (nSPS) is 22.4. The van der Waals surface area contributed by atoms with E-state index in [0.717, 1.165) is 0 Å². The van der Waals surface area contributed by atoms with Crippen molar-refractivity contribution in [3.8, 4) is 0 Å². The molecule has 136 valence electrons. The van der Waals surface area contributed by atoms with Crippen molar-refractivity contribution in [2.45, 2.75) is 11.8 Å². The van der Waals surface area contributed by atoms with Crippen LogP contribution in [0.5, 0.6) is 0 Å². The molecule has 0 unspecified atom stereocenters. The average Bonchev–Trinajstić information content (AvgIpc) is 2.88. The molecule has 1 heterocycles. The molecule has 2 aromatic rings. The van der Waals surface area contributed by atoms with Gasteiger partial charge in [-0.2, -0.15) is 8.42 Å². The Bertz CT molecular complexity index is 1130. The number of hydrogen-bond acceptors (Lipinski definition) is 6. The molecular formula is C17H13Cl2NO5S. The molecular weight excluding hydrogens is 401 g/mol. The maximum atomic E-state index is 12.8. The van der Waals surface area contributed by atoms with Crippen LogP contribution in [0.3, 0.4) is 0 Å². The molecule has 0 amide bonds. The van der Waals surface area contributed by atoms with E-state index < -0.39 is 39.3 Å². The van der Waals surface area contributed by atoms with Crippen LogP contribution in [0, 0.1) is 0 Å². The zero-order valence-electron chi connectivity index (χ0n) is 15.9. The second-order valence-corrected chi connectivity index (χ2v) is 7.21. The summed E-state index contributed by atoms with van der Waals surface area (Å²) >= 11 is 11.9. The third kappa shape index (κ3) is 3.95. The molecule has 0 saturated carbocycles. The minimum Gasteiger partial charge on any atom is -0.460 e. The van der Waals surface area contributed by atoms with Crippen molar-refractivity contribution in [2.75, 3.05) is 0 Å². The van der Waals surface area contributed by atoms with Crippen LogP contribution in [0.4, 0.5) is 0 Å². The first kappa shape index (κ1) is 14.9. The largest absolute Gasteiger partial charge is 0.460 e. The molecule has 0 fully saturated rings. The van der Waals surface area contributed by atoms with Crippen LogP contribution >= 0.6 is 23.2 Å². The second-order valence-electron chi connectivity index (χ2n) is 5.08. The topological polar surface area (TPSA) is 95.7 Å². The van der Waals surface area contributed by atoms with Crippen molar-refractivity contribution in [3.05, 3.63) is 81.3 Å². The molecule has 0 radical (unpaired) electrons. The summed E-state index contributed by atoms with van der Waals surface area (Å²) in [5.41, 5.74) is 2.18. The molecule has 6 nitrogen and oxygen atoms in total. The molecule has 0 aliphatic carbocycles. The highest BCUT2D eigenvalue weighted by atomic mass is 35.5. The molecule has 26 heavy (non-hydrogen) atoms. The van der Waals surface area contributed by atoms with Crippen LogP contribution in [-0.4, -0.2) is 14.2 Å². The van der Waals surface area contributed by atoms with Crippen molar-refractivity contribution in [1.29, 1.82) is 0 Å². The van der Waals surface area contributed by atoms with Gasteiger partial charge in [0.25, 0.3) is 0 Å². The van der Waals surface area contributed by atoms with Crippen LogP contribution in [0.25, 0.3) is 0 Å². The number of ketones is 1. The van der Waals surface area contributed by atoms with Gasteiger partial charge < -0.3 is 14.7 Å². The monoisotopic (exact) mass is 416 g/mol. The van der Waals surface area contributed by atoms with E-state index in [-0.39, 0.29) is 21.2 Å². The Labute approximate surface area is 164 Å². The van der Waals surface area contributed by atoms with Gasteiger partial charge in [-0.3, -0.25) is 4.79 Å². The van der Waals surface area contributed by atoms with E-state index in [2.05, 4.69) is 0 Å². The van der Waals surface area contributed by atoms with Gasteiger partial charge in [-0.25, -0.2) is 0 Å². The predicted octanol–water partition coefficient (Wildman–Crippen LogP) is 3.31. The molecule has 0 saturated heterocycles. The quantitative estimate of drug-likeness (QED) is 0.750. The summed E-state index contributed by atoms with van der Waals surface area (Å²) in [7, 11) is -5.06. The Morgan fingerprint density at radius 2 is 1.92 bits per heavy atom. The highest BCUT2D eigenvalue weighted by Crippen LogP contribution is 2.37. The highest BCUT2D eigenvalue weighted by Gasteiger charge is 2.40. The van der Waals surface area contributed by atoms with Gasteiger partial charge in [-0.05, 0) is 23.8 Å². The maximum absolute atomic E-state index is 12.8. The Morgan fingerprint density at radius 3 is 2.62 bits per heavy atom. The van der Waals surface area contributed by atoms with Gasteiger partial charge in [0, 0.05) is 15.6 Å². The van der Waals surface area contributed by atoms with E-state index in [1.165, 1.54) is 42.5 Å². The Kier molecular flexibility index (Phi) is 4.12. The summed E-state index contributed by atoms with van der Waals surface area (Å²) < 4.78 is 59.2. The molecule has 1 aliphatic heterocycles. The van der Waals surface area contributed by atoms with Gasteiger partial charge in [0.05, 0.1) is 4.11 Å². The molecule has 3 rings (SSSR count). The average molecular weight is 417 g/mol. The van der Waals surface area contributed by atoms with Gasteiger partial charge in [0.1, 0.15) is 5.70 Å². The lowest BCUT2D eigenvalue weighted by Crippen LogP contribution is -2.16. The third-order valence-electron chi connectivity index (χ3n) is 3.23. The fraction of sp³-hybridized carbons (Fsp3) is 0.118. The number of rotatable bonds is 5. The van der Waals surface area contributed by atoms with Gasteiger partial charge in [-0.1, -0.05) is 53.5 Å². The highest BCUT2D eigenvalue weighted by molar-refractivity contribution is 7.86. The Balaban J connectivity index is 1.97. The zero-order chi connectivity index (χ0) is 21.6. The number of benzene rings is 2. The molecule has 1 aliphatic rings. The first-order chi connectivity index (χ1) is 13.4. The summed E-state index contributed by atoms with van der Waals surface area (Å²) in [4.78, 5) is 12.8. The molecule has 9 heteroatoms. The van der Waals surface area contributed by atoms with Crippen molar-refractivity contribution in [3.63, 3.8) is 0 Å². The van der Waals surface area contributed by atoms with Crippen LogP contribution < -0.4 is 5.73 Å². The van der Waals surface area contributed by atoms with Gasteiger partial charge in [0.15, 0.2) is 6.08 Å². The van der Waals surface area contributed by atoms with Gasteiger partial charge in [-0.15, -0.1) is 0 Å². The van der Waals surface area contributed by atoms with Crippen molar-refractivity contribution in [2.24, 2.45) is 5.73 Å². The second kappa shape index (κ2) is 7.19. The van der Waals surface area contributed by atoms with Crippen LogP contribution in [0.15, 0.2) is 60.2 Å². The lowest BCUT2D eigenvalue weighted by atomic mass is 10.1. The van der Waals surface area contributed by atoms with Crippen molar-refractivity contribution < 1.29 is 26.2 Å². The third-order valence-corrected chi connectivity index (χ3v) is 4.67. The van der Waals surface area contributed by atoms with Crippen LogP contribution in [0.2, 0.25) is 10.0 Å². The molecule has 2 aromatic carbocycles. The van der Waals surface area contributed by atoms with E-state index in [0.29, 0.717) is 0 Å². The molecule has 0 aromatic heterocycles. The summed E-state index contributed by atoms with van der Waals surface area (Å²) in [6.07, 6.45) is -2.55. The number of Topliss-reactive ketones (excluding diaryl/α,β-unsaturated/α-hetero) is 1. The standard InChI is InChI=1S/C17H13Cl2NO5S/c18-11-6-7-13(19)12(8-11)15-14(21)16(17(20)24-15)25-26(22,23)9-10-4-2-1-3-5-10/h1-8,15H,9,20H2/t15-/m0/s1/i9D2,15D. The van der Waals surface area contributed by atoms with Gasteiger partial charge in [0.2, 0.25) is 17.4 Å². The number of nitrogens with two attached hydrogens (primary N) is 1. The SMILES string of the molecule is [2H]C([2H])(c1ccccc1)S(=O)(=O)OC1=C(N)O[C@@]([2H])(c2cc(Cl)ccc2Cl)C1=O. The summed E-state index contributed by atoms with van der Waals surface area (Å²) in [5, 5.41) is 0.0997. The van der Waals surface area contributed by atoms with E-state index in [9.17, 15) is 13.2 Å². The summed E-state index contributed by atoms with van der Waals surface area (Å²) in [6.45, 7) is 0. The summed E-state index contributed by atoms with van der Waals surface area (Å²) in [6, 6.07) is 10.9. The van der Waals surface area contributed by atoms with E-state index in [4.69, 9.17) is 42.0 Å². The van der Waals surface area contributed by atoms with E-state index >= 15 is 0 Å². The smallest absolute Gasteiger partial charge is 0.313 e. The Morgan fingerprint density at radius 1 is 1.23 bits per heavy atom. The fourth-order valence-electron chi connectivity index (χ4n) is 2.13. The minimum atomic E-state index is -5.06. The lowest BCUT2D eigenvalue weighted by Gasteiger charge is -2.12. The van der Waals surface area contributed by atoms with E-state index in [1.54, 1.807) is 6.07 Å². The number of halogens is 2. The lowest BCUT2D eigenvalue weighted by molar-refractivity contribution is -0.123. The molecule has 2 N–H and O–H groups in total. The van der Waals surface area contributed by atoms with Crippen molar-refractivity contribution in [1.82, 2.24) is 0 Å². The fourth-order valence-corrected chi connectivity index (χ4v) is 3.35. The molecule has 0 spiro atoms. The van der Waals surface area contributed by atoms with Gasteiger partial charge >= 0.3 is 10.1 Å². The summed E-state index contributed by atoms with van der Waals surface area (Å²) in [5.74, 6) is -3.09. The van der Waals surface area contributed by atoms with Crippen LogP contribution in [-0.2, 0) is 29.5 Å². The molecule has 0 bridgehead atoms. The first-order valence-electron chi connectivity index (χ1n) is 8.59. The first-order valence-corrected chi connectivity index (χ1v) is 9.25. The predicted molar refractivity (Wildman–Crippen MR) is 96.7 cm³/mol. The number of carbonyl (C=O) groups is 1. The Hall–Kier alpha value is -2.22. The number of ether oxygens (including phenoxy) is 1. The number of carbonyl (C=O) groups excluding carboxylic acids is 1. The minimum absolute atomic E-state index is 0.0470. The number of hydrogen-bond donors (Lipinski definition) is 1.